The monoisotopic (exact) mass is 308 g/mol. The molecule has 0 heterocycles. The van der Waals surface area contributed by atoms with E-state index in [-0.39, 0.29) is 0 Å². The third-order valence-corrected chi connectivity index (χ3v) is 3.80. The number of rotatable bonds is 6. The van der Waals surface area contributed by atoms with Gasteiger partial charge in [-0.2, -0.15) is 5.26 Å². The summed E-state index contributed by atoms with van der Waals surface area (Å²) >= 11 is 3.40. The normalized spacial score (nSPS) is 14.3. The van der Waals surface area contributed by atoms with Gasteiger partial charge in [-0.05, 0) is 46.8 Å². The van der Waals surface area contributed by atoms with E-state index in [4.69, 9.17) is 10.00 Å². The van der Waals surface area contributed by atoms with Gasteiger partial charge in [0.1, 0.15) is 6.07 Å². The maximum atomic E-state index is 9.16. The molecule has 18 heavy (non-hydrogen) atoms. The van der Waals surface area contributed by atoms with Gasteiger partial charge < -0.3 is 9.64 Å². The molecule has 1 aromatic rings. The third kappa shape index (κ3) is 3.47. The van der Waals surface area contributed by atoms with E-state index in [2.05, 4.69) is 26.9 Å². The Morgan fingerprint density at radius 1 is 1.50 bits per heavy atom. The molecule has 0 radical (unpaired) electrons. The van der Waals surface area contributed by atoms with Gasteiger partial charge in [-0.3, -0.25) is 0 Å². The van der Waals surface area contributed by atoms with Crippen molar-refractivity contribution in [3.05, 3.63) is 28.2 Å². The first kappa shape index (κ1) is 13.4. The van der Waals surface area contributed by atoms with Gasteiger partial charge in [0, 0.05) is 24.7 Å². The second-order valence-corrected chi connectivity index (χ2v) is 5.54. The average molecular weight is 309 g/mol. The maximum absolute atomic E-state index is 9.16. The van der Waals surface area contributed by atoms with Crippen LogP contribution in [-0.2, 0) is 4.74 Å². The largest absolute Gasteiger partial charge is 0.379 e. The number of likely N-dealkylation sites (N-methyl/N-ethyl adjacent to an activating group) is 1. The number of nitrogens with zero attached hydrogens (tertiary/aromatic N) is 2. The van der Waals surface area contributed by atoms with Crippen molar-refractivity contribution in [3.63, 3.8) is 0 Å². The fraction of sp³-hybridized carbons (Fsp3) is 0.500. The van der Waals surface area contributed by atoms with Crippen LogP contribution in [-0.4, -0.2) is 26.8 Å². The molecular formula is C14H17BrN2O. The molecule has 2 rings (SSSR count). The number of nitriles is 1. The van der Waals surface area contributed by atoms with Crippen LogP contribution in [0.1, 0.15) is 18.4 Å². The van der Waals surface area contributed by atoms with Gasteiger partial charge in [0.25, 0.3) is 0 Å². The number of hydrogen-bond donors (Lipinski definition) is 0. The van der Waals surface area contributed by atoms with Gasteiger partial charge in [-0.15, -0.1) is 0 Å². The van der Waals surface area contributed by atoms with Crippen LogP contribution in [0.2, 0.25) is 0 Å². The summed E-state index contributed by atoms with van der Waals surface area (Å²) in [6.07, 6.45) is 2.64. The molecule has 4 heteroatoms. The lowest BCUT2D eigenvalue weighted by Crippen LogP contribution is -2.23. The molecule has 1 aliphatic carbocycles. The summed E-state index contributed by atoms with van der Waals surface area (Å²) in [6, 6.07) is 8.03. The molecule has 0 saturated heterocycles. The van der Waals surface area contributed by atoms with E-state index in [1.807, 2.05) is 25.2 Å². The fourth-order valence-corrected chi connectivity index (χ4v) is 2.24. The molecule has 0 aromatic heterocycles. The highest BCUT2D eigenvalue weighted by Crippen LogP contribution is 2.29. The minimum Gasteiger partial charge on any atom is -0.379 e. The second kappa shape index (κ2) is 6.21. The van der Waals surface area contributed by atoms with E-state index >= 15 is 0 Å². The Hall–Kier alpha value is -1.05. The number of anilines is 1. The molecule has 0 atom stereocenters. The Bertz CT molecular complexity index is 452. The van der Waals surface area contributed by atoms with Crippen molar-refractivity contribution in [2.24, 2.45) is 5.92 Å². The van der Waals surface area contributed by atoms with Crippen molar-refractivity contribution in [2.45, 2.75) is 12.8 Å². The van der Waals surface area contributed by atoms with Crippen molar-refractivity contribution >= 4 is 21.6 Å². The minimum absolute atomic E-state index is 0.683. The van der Waals surface area contributed by atoms with Gasteiger partial charge >= 0.3 is 0 Å². The molecule has 1 aliphatic rings. The predicted molar refractivity (Wildman–Crippen MR) is 75.7 cm³/mol. The van der Waals surface area contributed by atoms with Crippen LogP contribution in [0.25, 0.3) is 0 Å². The highest BCUT2D eigenvalue weighted by Gasteiger charge is 2.21. The Morgan fingerprint density at radius 2 is 2.28 bits per heavy atom. The van der Waals surface area contributed by atoms with Crippen molar-refractivity contribution in [1.82, 2.24) is 0 Å². The first-order chi connectivity index (χ1) is 8.72. The van der Waals surface area contributed by atoms with Gasteiger partial charge in [-0.1, -0.05) is 6.07 Å². The van der Waals surface area contributed by atoms with E-state index in [0.717, 1.165) is 29.2 Å². The van der Waals surface area contributed by atoms with Crippen LogP contribution >= 0.6 is 15.9 Å². The van der Waals surface area contributed by atoms with Gasteiger partial charge in [0.15, 0.2) is 0 Å². The lowest BCUT2D eigenvalue weighted by atomic mass is 10.2. The molecule has 0 amide bonds. The predicted octanol–water partition coefficient (Wildman–Crippen LogP) is 3.18. The third-order valence-electron chi connectivity index (χ3n) is 3.14. The van der Waals surface area contributed by atoms with Crippen LogP contribution in [0.5, 0.6) is 0 Å². The molecule has 0 unspecified atom stereocenters. The number of ether oxygens (including phenoxy) is 1. The summed E-state index contributed by atoms with van der Waals surface area (Å²) < 4.78 is 6.46. The van der Waals surface area contributed by atoms with Crippen LogP contribution in [0.3, 0.4) is 0 Å². The summed E-state index contributed by atoms with van der Waals surface area (Å²) in [5.41, 5.74) is 1.63. The van der Waals surface area contributed by atoms with E-state index in [1.165, 1.54) is 12.8 Å². The van der Waals surface area contributed by atoms with E-state index in [0.29, 0.717) is 12.2 Å². The van der Waals surface area contributed by atoms with Gasteiger partial charge in [0.05, 0.1) is 17.9 Å². The second-order valence-electron chi connectivity index (χ2n) is 4.69. The van der Waals surface area contributed by atoms with E-state index in [9.17, 15) is 0 Å². The first-order valence-electron chi connectivity index (χ1n) is 6.20. The molecule has 1 fully saturated rings. The first-order valence-corrected chi connectivity index (χ1v) is 6.99. The Kier molecular flexibility index (Phi) is 4.62. The lowest BCUT2D eigenvalue weighted by molar-refractivity contribution is 0.131. The molecule has 0 aliphatic heterocycles. The number of hydrogen-bond acceptors (Lipinski definition) is 3. The summed E-state index contributed by atoms with van der Waals surface area (Å²) in [4.78, 5) is 2.07. The number of benzene rings is 1. The highest BCUT2D eigenvalue weighted by atomic mass is 79.9. The smallest absolute Gasteiger partial charge is 0.103 e. The molecular weight excluding hydrogens is 292 g/mol. The quantitative estimate of drug-likeness (QED) is 0.757. The summed E-state index contributed by atoms with van der Waals surface area (Å²) in [7, 11) is 1.99. The SMILES string of the molecule is CN(CCOCC1CC1)c1cccc(Br)c1C#N. The van der Waals surface area contributed by atoms with Crippen molar-refractivity contribution in [2.75, 3.05) is 31.7 Å². The van der Waals surface area contributed by atoms with Crippen LogP contribution in [0.4, 0.5) is 5.69 Å². The minimum atomic E-state index is 0.683. The van der Waals surface area contributed by atoms with Crippen LogP contribution < -0.4 is 4.90 Å². The maximum Gasteiger partial charge on any atom is 0.103 e. The van der Waals surface area contributed by atoms with Crippen molar-refractivity contribution < 1.29 is 4.74 Å². The van der Waals surface area contributed by atoms with Crippen molar-refractivity contribution in [1.29, 1.82) is 5.26 Å². The zero-order chi connectivity index (χ0) is 13.0. The molecule has 0 bridgehead atoms. The zero-order valence-corrected chi connectivity index (χ0v) is 12.1. The molecule has 1 saturated carbocycles. The van der Waals surface area contributed by atoms with Crippen LogP contribution in [0, 0.1) is 17.2 Å². The highest BCUT2D eigenvalue weighted by molar-refractivity contribution is 9.10. The molecule has 96 valence electrons. The van der Waals surface area contributed by atoms with Crippen molar-refractivity contribution in [3.8, 4) is 6.07 Å². The molecule has 0 N–H and O–H groups in total. The molecule has 1 aromatic carbocycles. The summed E-state index contributed by atoms with van der Waals surface area (Å²) in [5, 5.41) is 9.16. The Morgan fingerprint density at radius 3 is 2.94 bits per heavy atom. The zero-order valence-electron chi connectivity index (χ0n) is 10.5. The van der Waals surface area contributed by atoms with E-state index in [1.54, 1.807) is 0 Å². The fourth-order valence-electron chi connectivity index (χ4n) is 1.80. The Labute approximate surface area is 116 Å². The van der Waals surface area contributed by atoms with Gasteiger partial charge in [0.2, 0.25) is 0 Å². The van der Waals surface area contributed by atoms with E-state index < -0.39 is 0 Å². The standard InChI is InChI=1S/C14H17BrN2O/c1-17(7-8-18-10-11-5-6-11)14-4-2-3-13(15)12(14)9-16/h2-4,11H,5-8,10H2,1H3. The topological polar surface area (TPSA) is 36.3 Å². The van der Waals surface area contributed by atoms with Crippen LogP contribution in [0.15, 0.2) is 22.7 Å². The average Bonchev–Trinajstić information content (AvgIpc) is 3.18. The lowest BCUT2D eigenvalue weighted by Gasteiger charge is -2.20. The molecule has 0 spiro atoms. The Balaban J connectivity index is 1.89. The van der Waals surface area contributed by atoms with Gasteiger partial charge in [-0.25, -0.2) is 0 Å². The summed E-state index contributed by atoms with van der Waals surface area (Å²) in [5.74, 6) is 0.802. The molecule has 3 nitrogen and oxygen atoms in total. The number of halogens is 1. The summed E-state index contributed by atoms with van der Waals surface area (Å²) in [6.45, 7) is 2.40.